The summed E-state index contributed by atoms with van der Waals surface area (Å²) in [6.07, 6.45) is 6.74. The van der Waals surface area contributed by atoms with Gasteiger partial charge in [0.2, 0.25) is 0 Å². The molecule has 3 atom stereocenters. The van der Waals surface area contributed by atoms with Crippen LogP contribution in [0, 0.1) is 0 Å². The van der Waals surface area contributed by atoms with Crippen LogP contribution >= 0.6 is 0 Å². The van der Waals surface area contributed by atoms with Crippen LogP contribution in [-0.2, 0) is 9.47 Å². The maximum absolute atomic E-state index is 5.83. The van der Waals surface area contributed by atoms with Gasteiger partial charge in [0.05, 0.1) is 31.1 Å². The third kappa shape index (κ3) is 2.51. The Bertz CT molecular complexity index is 243. The predicted molar refractivity (Wildman–Crippen MR) is 57.9 cm³/mol. The van der Waals surface area contributed by atoms with Crippen molar-refractivity contribution in [1.29, 1.82) is 0 Å². The number of ether oxygens (including phenoxy) is 2. The van der Waals surface area contributed by atoms with Crippen LogP contribution in [-0.4, -0.2) is 24.9 Å². The average molecular weight is 212 g/mol. The average Bonchev–Trinajstić information content (AvgIpc) is 2.68. The number of hydrogen-bond acceptors (Lipinski definition) is 4. The maximum atomic E-state index is 5.83. The summed E-state index contributed by atoms with van der Waals surface area (Å²) in [4.78, 5) is 0. The lowest BCUT2D eigenvalue weighted by atomic mass is 9.96. The summed E-state index contributed by atoms with van der Waals surface area (Å²) in [6, 6.07) is 0.121. The van der Waals surface area contributed by atoms with Gasteiger partial charge < -0.3 is 9.47 Å². The summed E-state index contributed by atoms with van der Waals surface area (Å²) in [5.74, 6) is 5.60. The van der Waals surface area contributed by atoms with Gasteiger partial charge in [-0.25, -0.2) is 0 Å². The van der Waals surface area contributed by atoms with Gasteiger partial charge in [0.25, 0.3) is 0 Å². The highest BCUT2D eigenvalue weighted by atomic mass is 16.5. The molecule has 0 saturated carbocycles. The van der Waals surface area contributed by atoms with Crippen molar-refractivity contribution in [3.05, 3.63) is 11.8 Å². The van der Waals surface area contributed by atoms with E-state index in [1.807, 2.05) is 6.26 Å². The largest absolute Gasteiger partial charge is 0.501 e. The lowest BCUT2D eigenvalue weighted by Gasteiger charge is -2.27. The van der Waals surface area contributed by atoms with Crippen LogP contribution in [0.5, 0.6) is 0 Å². The van der Waals surface area contributed by atoms with E-state index in [1.54, 1.807) is 0 Å². The van der Waals surface area contributed by atoms with Gasteiger partial charge in [-0.1, -0.05) is 0 Å². The SMILES string of the molecule is CC1CCC(C(NN)C2=COCCC2)O1. The molecule has 1 fully saturated rings. The number of hydrazine groups is 1. The number of nitrogens with two attached hydrogens (primary N) is 1. The van der Waals surface area contributed by atoms with Gasteiger partial charge in [-0.2, -0.15) is 0 Å². The van der Waals surface area contributed by atoms with E-state index in [9.17, 15) is 0 Å². The Hall–Kier alpha value is -0.580. The normalized spacial score (nSPS) is 33.3. The minimum atomic E-state index is 0.121. The van der Waals surface area contributed by atoms with Crippen molar-refractivity contribution >= 4 is 0 Å². The van der Waals surface area contributed by atoms with E-state index in [2.05, 4.69) is 12.3 Å². The molecule has 0 aromatic carbocycles. The quantitative estimate of drug-likeness (QED) is 0.543. The van der Waals surface area contributed by atoms with E-state index >= 15 is 0 Å². The molecule has 4 heteroatoms. The molecule has 0 bridgehead atoms. The zero-order valence-corrected chi connectivity index (χ0v) is 9.24. The van der Waals surface area contributed by atoms with Crippen LogP contribution in [0.3, 0.4) is 0 Å². The highest BCUT2D eigenvalue weighted by molar-refractivity contribution is 5.13. The Morgan fingerprint density at radius 1 is 1.53 bits per heavy atom. The van der Waals surface area contributed by atoms with Crippen molar-refractivity contribution < 1.29 is 9.47 Å². The minimum Gasteiger partial charge on any atom is -0.501 e. The maximum Gasteiger partial charge on any atom is 0.0876 e. The van der Waals surface area contributed by atoms with Gasteiger partial charge in [0.15, 0.2) is 0 Å². The summed E-state index contributed by atoms with van der Waals surface area (Å²) in [7, 11) is 0. The summed E-state index contributed by atoms with van der Waals surface area (Å²) < 4.78 is 11.2. The standard InChI is InChI=1S/C11H20N2O2/c1-8-4-5-10(15-8)11(13-12)9-3-2-6-14-7-9/h7-8,10-11,13H,2-6,12H2,1H3. The van der Waals surface area contributed by atoms with Gasteiger partial charge in [0, 0.05) is 0 Å². The molecule has 86 valence electrons. The second kappa shape index (κ2) is 4.96. The Labute approximate surface area is 90.8 Å². The lowest BCUT2D eigenvalue weighted by Crippen LogP contribution is -2.45. The van der Waals surface area contributed by atoms with E-state index in [0.717, 1.165) is 32.3 Å². The summed E-state index contributed by atoms with van der Waals surface area (Å²) in [6.45, 7) is 2.93. The van der Waals surface area contributed by atoms with Gasteiger partial charge >= 0.3 is 0 Å². The van der Waals surface area contributed by atoms with Crippen LogP contribution in [0.1, 0.15) is 32.6 Å². The van der Waals surface area contributed by atoms with Crippen LogP contribution in [0.15, 0.2) is 11.8 Å². The van der Waals surface area contributed by atoms with Crippen LogP contribution in [0.25, 0.3) is 0 Å². The number of rotatable bonds is 3. The van der Waals surface area contributed by atoms with Crippen molar-refractivity contribution in [2.24, 2.45) is 5.84 Å². The first-order valence-electron chi connectivity index (χ1n) is 5.73. The summed E-state index contributed by atoms with van der Waals surface area (Å²) in [5.41, 5.74) is 4.10. The van der Waals surface area contributed by atoms with Gasteiger partial charge in [-0.15, -0.1) is 0 Å². The smallest absolute Gasteiger partial charge is 0.0876 e. The molecule has 0 spiro atoms. The van der Waals surface area contributed by atoms with Crippen LogP contribution < -0.4 is 11.3 Å². The van der Waals surface area contributed by atoms with Crippen molar-refractivity contribution in [3.8, 4) is 0 Å². The zero-order valence-electron chi connectivity index (χ0n) is 9.24. The monoisotopic (exact) mass is 212 g/mol. The molecule has 1 saturated heterocycles. The predicted octanol–water partition coefficient (Wildman–Crippen LogP) is 1.08. The topological polar surface area (TPSA) is 56.5 Å². The fourth-order valence-corrected chi connectivity index (χ4v) is 2.35. The first-order valence-corrected chi connectivity index (χ1v) is 5.73. The van der Waals surface area contributed by atoms with Crippen molar-refractivity contribution in [2.45, 2.75) is 50.9 Å². The molecule has 2 aliphatic rings. The molecule has 2 heterocycles. The van der Waals surface area contributed by atoms with E-state index in [1.165, 1.54) is 5.57 Å². The second-order valence-electron chi connectivity index (χ2n) is 4.37. The highest BCUT2D eigenvalue weighted by Crippen LogP contribution is 2.27. The molecular weight excluding hydrogens is 192 g/mol. The van der Waals surface area contributed by atoms with E-state index in [0.29, 0.717) is 6.10 Å². The molecule has 0 aliphatic carbocycles. The Balaban J connectivity index is 1.99. The molecular formula is C11H20N2O2. The number of hydrogen-bond donors (Lipinski definition) is 2. The van der Waals surface area contributed by atoms with Gasteiger partial charge in [-0.05, 0) is 38.2 Å². The number of nitrogens with one attached hydrogen (secondary N) is 1. The molecule has 0 amide bonds. The third-order valence-corrected chi connectivity index (χ3v) is 3.18. The minimum absolute atomic E-state index is 0.121. The Kier molecular flexibility index (Phi) is 3.61. The molecule has 3 unspecified atom stereocenters. The third-order valence-electron chi connectivity index (χ3n) is 3.18. The Morgan fingerprint density at radius 2 is 2.40 bits per heavy atom. The first-order chi connectivity index (χ1) is 7.31. The Morgan fingerprint density at radius 3 is 2.93 bits per heavy atom. The van der Waals surface area contributed by atoms with Crippen molar-refractivity contribution in [1.82, 2.24) is 5.43 Å². The molecule has 4 nitrogen and oxygen atoms in total. The molecule has 0 aromatic rings. The zero-order chi connectivity index (χ0) is 10.7. The molecule has 0 aromatic heterocycles. The fourth-order valence-electron chi connectivity index (χ4n) is 2.35. The van der Waals surface area contributed by atoms with Crippen LogP contribution in [0.2, 0.25) is 0 Å². The molecule has 2 rings (SSSR count). The van der Waals surface area contributed by atoms with Gasteiger partial charge in [0.1, 0.15) is 0 Å². The highest BCUT2D eigenvalue weighted by Gasteiger charge is 2.31. The van der Waals surface area contributed by atoms with Gasteiger partial charge in [-0.3, -0.25) is 11.3 Å². The van der Waals surface area contributed by atoms with Crippen molar-refractivity contribution in [2.75, 3.05) is 6.61 Å². The summed E-state index contributed by atoms with van der Waals surface area (Å²) >= 11 is 0. The molecule has 15 heavy (non-hydrogen) atoms. The van der Waals surface area contributed by atoms with Crippen LogP contribution in [0.4, 0.5) is 0 Å². The molecule has 0 radical (unpaired) electrons. The molecule has 2 aliphatic heterocycles. The fraction of sp³-hybridized carbons (Fsp3) is 0.818. The molecule has 3 N–H and O–H groups in total. The first kappa shape index (κ1) is 10.9. The van der Waals surface area contributed by atoms with Crippen molar-refractivity contribution in [3.63, 3.8) is 0 Å². The second-order valence-corrected chi connectivity index (χ2v) is 4.37. The lowest BCUT2D eigenvalue weighted by molar-refractivity contribution is 0.0369. The summed E-state index contributed by atoms with van der Waals surface area (Å²) in [5, 5.41) is 0. The van der Waals surface area contributed by atoms with E-state index in [-0.39, 0.29) is 12.1 Å². The van der Waals surface area contributed by atoms with E-state index in [4.69, 9.17) is 15.3 Å². The van der Waals surface area contributed by atoms with E-state index < -0.39 is 0 Å².